The van der Waals surface area contributed by atoms with Gasteiger partial charge in [0.15, 0.2) is 11.5 Å². The van der Waals surface area contributed by atoms with Crippen molar-refractivity contribution in [2.24, 2.45) is 0 Å². The SMILES string of the molecule is Cc1ccc(Nc2cc(C)nc(N3CCN(S(=O)(=O)c4ccc5c(c4)OCCCO5)CC3)n2)cc1. The van der Waals surface area contributed by atoms with Gasteiger partial charge >= 0.3 is 0 Å². The first-order chi connectivity index (χ1) is 16.9. The number of benzene rings is 2. The molecular weight excluding hydrogens is 466 g/mol. The van der Waals surface area contributed by atoms with Crippen molar-refractivity contribution in [1.29, 1.82) is 0 Å². The van der Waals surface area contributed by atoms with Crippen LogP contribution in [0, 0.1) is 13.8 Å². The van der Waals surface area contributed by atoms with E-state index in [0.29, 0.717) is 62.7 Å². The van der Waals surface area contributed by atoms with E-state index >= 15 is 0 Å². The third kappa shape index (κ3) is 5.18. The number of anilines is 3. The van der Waals surface area contributed by atoms with Gasteiger partial charge in [0.05, 0.1) is 18.1 Å². The molecule has 3 aromatic rings. The molecule has 3 heterocycles. The molecule has 0 spiro atoms. The molecule has 10 heteroatoms. The molecule has 184 valence electrons. The largest absolute Gasteiger partial charge is 0.490 e. The predicted octanol–water partition coefficient (Wildman–Crippen LogP) is 3.51. The van der Waals surface area contributed by atoms with Crippen LogP contribution >= 0.6 is 0 Å². The van der Waals surface area contributed by atoms with Gasteiger partial charge in [-0.25, -0.2) is 13.4 Å². The summed E-state index contributed by atoms with van der Waals surface area (Å²) in [6.07, 6.45) is 0.766. The van der Waals surface area contributed by atoms with Gasteiger partial charge in [0.2, 0.25) is 16.0 Å². The van der Waals surface area contributed by atoms with Crippen molar-refractivity contribution in [1.82, 2.24) is 14.3 Å². The Bertz CT molecular complexity index is 1310. The standard InChI is InChI=1S/C25H29N5O4S/c1-18-4-6-20(7-5-18)27-24-16-19(2)26-25(28-24)29-10-12-30(13-11-29)35(31,32)21-8-9-22-23(17-21)34-15-3-14-33-22/h4-9,16-17H,3,10-15H2,1-2H3,(H,26,27,28). The number of rotatable bonds is 5. The number of aromatic nitrogens is 2. The highest BCUT2D eigenvalue weighted by molar-refractivity contribution is 7.89. The van der Waals surface area contributed by atoms with Gasteiger partial charge in [0.25, 0.3) is 0 Å². The molecule has 5 rings (SSSR count). The van der Waals surface area contributed by atoms with Crippen molar-refractivity contribution in [3.8, 4) is 11.5 Å². The van der Waals surface area contributed by atoms with Crippen LogP contribution in [0.15, 0.2) is 53.4 Å². The van der Waals surface area contributed by atoms with Gasteiger partial charge in [-0.3, -0.25) is 0 Å². The summed E-state index contributed by atoms with van der Waals surface area (Å²) in [6.45, 7) is 6.72. The summed E-state index contributed by atoms with van der Waals surface area (Å²) in [5.74, 6) is 2.35. The highest BCUT2D eigenvalue weighted by atomic mass is 32.2. The molecule has 1 saturated heterocycles. The third-order valence-electron chi connectivity index (χ3n) is 6.04. The fraction of sp³-hybridized carbons (Fsp3) is 0.360. The molecule has 35 heavy (non-hydrogen) atoms. The van der Waals surface area contributed by atoms with Crippen molar-refractivity contribution in [3.05, 3.63) is 59.8 Å². The number of sulfonamides is 1. The number of hydrogen-bond donors (Lipinski definition) is 1. The third-order valence-corrected chi connectivity index (χ3v) is 7.94. The summed E-state index contributed by atoms with van der Waals surface area (Å²) >= 11 is 0. The number of fused-ring (bicyclic) bond motifs is 1. The fourth-order valence-corrected chi connectivity index (χ4v) is 5.56. The maximum Gasteiger partial charge on any atom is 0.243 e. The Hall–Kier alpha value is -3.37. The van der Waals surface area contributed by atoms with E-state index in [9.17, 15) is 8.42 Å². The molecule has 2 aromatic carbocycles. The highest BCUT2D eigenvalue weighted by Gasteiger charge is 2.30. The smallest absolute Gasteiger partial charge is 0.243 e. The summed E-state index contributed by atoms with van der Waals surface area (Å²) in [7, 11) is -3.66. The Labute approximate surface area is 205 Å². The van der Waals surface area contributed by atoms with E-state index in [1.54, 1.807) is 18.2 Å². The first-order valence-corrected chi connectivity index (χ1v) is 13.2. The van der Waals surface area contributed by atoms with Crippen molar-refractivity contribution in [3.63, 3.8) is 0 Å². The van der Waals surface area contributed by atoms with Gasteiger partial charge in [0, 0.05) is 56.1 Å². The quantitative estimate of drug-likeness (QED) is 0.575. The van der Waals surface area contributed by atoms with Gasteiger partial charge < -0.3 is 19.7 Å². The Morgan fingerprint density at radius 3 is 2.31 bits per heavy atom. The molecule has 1 N–H and O–H groups in total. The van der Waals surface area contributed by atoms with Crippen LogP contribution in [0.3, 0.4) is 0 Å². The van der Waals surface area contributed by atoms with Crippen molar-refractivity contribution in [2.45, 2.75) is 25.2 Å². The summed E-state index contributed by atoms with van der Waals surface area (Å²) in [6, 6.07) is 14.8. The van der Waals surface area contributed by atoms with Crippen LogP contribution < -0.4 is 19.7 Å². The van der Waals surface area contributed by atoms with Crippen LogP contribution in [0.1, 0.15) is 17.7 Å². The topological polar surface area (TPSA) is 96.9 Å². The van der Waals surface area contributed by atoms with Crippen LogP contribution in [-0.4, -0.2) is 62.1 Å². The zero-order valence-electron chi connectivity index (χ0n) is 19.9. The second-order valence-electron chi connectivity index (χ2n) is 8.74. The number of piperazine rings is 1. The molecule has 0 amide bonds. The highest BCUT2D eigenvalue weighted by Crippen LogP contribution is 2.33. The van der Waals surface area contributed by atoms with E-state index in [1.807, 2.05) is 49.1 Å². The number of ether oxygens (including phenoxy) is 2. The van der Waals surface area contributed by atoms with Crippen LogP contribution in [0.4, 0.5) is 17.5 Å². The molecule has 1 fully saturated rings. The summed E-state index contributed by atoms with van der Waals surface area (Å²) in [5.41, 5.74) is 2.98. The molecule has 2 aliphatic rings. The fourth-order valence-electron chi connectivity index (χ4n) is 4.12. The monoisotopic (exact) mass is 495 g/mol. The van der Waals surface area contributed by atoms with E-state index in [1.165, 1.54) is 9.87 Å². The van der Waals surface area contributed by atoms with E-state index in [4.69, 9.17) is 9.47 Å². The van der Waals surface area contributed by atoms with Gasteiger partial charge in [-0.15, -0.1) is 0 Å². The first-order valence-electron chi connectivity index (χ1n) is 11.7. The lowest BCUT2D eigenvalue weighted by Gasteiger charge is -2.34. The minimum absolute atomic E-state index is 0.214. The molecule has 1 aromatic heterocycles. The Balaban J connectivity index is 1.28. The van der Waals surface area contributed by atoms with Crippen molar-refractivity contribution < 1.29 is 17.9 Å². The second kappa shape index (κ2) is 9.71. The van der Waals surface area contributed by atoms with E-state index in [0.717, 1.165) is 17.8 Å². The summed E-state index contributed by atoms with van der Waals surface area (Å²) in [4.78, 5) is 11.5. The second-order valence-corrected chi connectivity index (χ2v) is 10.7. The lowest BCUT2D eigenvalue weighted by Crippen LogP contribution is -2.49. The van der Waals surface area contributed by atoms with Crippen LogP contribution in [0.2, 0.25) is 0 Å². The summed E-state index contributed by atoms with van der Waals surface area (Å²) < 4.78 is 39.4. The number of nitrogens with one attached hydrogen (secondary N) is 1. The van der Waals surface area contributed by atoms with E-state index in [2.05, 4.69) is 15.3 Å². The number of hydrogen-bond acceptors (Lipinski definition) is 8. The number of nitrogens with zero attached hydrogens (tertiary/aromatic N) is 4. The van der Waals surface area contributed by atoms with Gasteiger partial charge in [0.1, 0.15) is 5.82 Å². The Morgan fingerprint density at radius 2 is 1.57 bits per heavy atom. The van der Waals surface area contributed by atoms with Crippen LogP contribution in [-0.2, 0) is 10.0 Å². The van der Waals surface area contributed by atoms with Gasteiger partial charge in [-0.1, -0.05) is 17.7 Å². The molecule has 0 bridgehead atoms. The molecular formula is C25H29N5O4S. The molecule has 0 unspecified atom stereocenters. The lowest BCUT2D eigenvalue weighted by molar-refractivity contribution is 0.296. The Kier molecular flexibility index (Phi) is 6.48. The summed E-state index contributed by atoms with van der Waals surface area (Å²) in [5, 5.41) is 3.33. The lowest BCUT2D eigenvalue weighted by atomic mass is 10.2. The molecule has 0 radical (unpaired) electrons. The maximum atomic E-state index is 13.3. The van der Waals surface area contributed by atoms with Gasteiger partial charge in [-0.2, -0.15) is 9.29 Å². The zero-order chi connectivity index (χ0) is 24.4. The molecule has 0 aliphatic carbocycles. The molecule has 0 atom stereocenters. The minimum Gasteiger partial charge on any atom is -0.490 e. The van der Waals surface area contributed by atoms with Crippen LogP contribution in [0.5, 0.6) is 11.5 Å². The first kappa shape index (κ1) is 23.4. The van der Waals surface area contributed by atoms with Gasteiger partial charge in [-0.05, 0) is 38.1 Å². The minimum atomic E-state index is -3.66. The predicted molar refractivity (Wildman–Crippen MR) is 134 cm³/mol. The Morgan fingerprint density at radius 1 is 0.857 bits per heavy atom. The molecule has 9 nitrogen and oxygen atoms in total. The van der Waals surface area contributed by atoms with E-state index < -0.39 is 10.0 Å². The zero-order valence-corrected chi connectivity index (χ0v) is 20.7. The number of aryl methyl sites for hydroxylation is 2. The maximum absolute atomic E-state index is 13.3. The molecule has 2 aliphatic heterocycles. The van der Waals surface area contributed by atoms with Crippen molar-refractivity contribution in [2.75, 3.05) is 49.6 Å². The van der Waals surface area contributed by atoms with E-state index in [-0.39, 0.29) is 4.90 Å². The average Bonchev–Trinajstić information content (AvgIpc) is 3.10. The average molecular weight is 496 g/mol. The normalized spacial score (nSPS) is 16.6. The molecule has 0 saturated carbocycles. The van der Waals surface area contributed by atoms with Crippen LogP contribution in [0.25, 0.3) is 0 Å². The van der Waals surface area contributed by atoms with Crippen molar-refractivity contribution >= 4 is 27.5 Å².